The van der Waals surface area contributed by atoms with E-state index in [-0.39, 0.29) is 11.8 Å². The second kappa shape index (κ2) is 6.40. The number of nitrogens with one attached hydrogen (secondary N) is 1. The molecule has 1 aliphatic carbocycles. The van der Waals surface area contributed by atoms with E-state index < -0.39 is 5.41 Å². The number of halogens is 1. The molecule has 2 aliphatic rings. The summed E-state index contributed by atoms with van der Waals surface area (Å²) in [6.07, 6.45) is 3.44. The number of nitrogens with zero attached hydrogens (tertiary/aromatic N) is 1. The first-order valence-electron chi connectivity index (χ1n) is 8.71. The van der Waals surface area contributed by atoms with Crippen LogP contribution in [0.2, 0.25) is 5.02 Å². The number of rotatable bonds is 3. The van der Waals surface area contributed by atoms with Gasteiger partial charge in [0.25, 0.3) is 0 Å². The minimum Gasteiger partial charge on any atom is -0.342 e. The van der Waals surface area contributed by atoms with Crippen LogP contribution in [0.3, 0.4) is 0 Å². The summed E-state index contributed by atoms with van der Waals surface area (Å²) in [4.78, 5) is 27.6. The van der Waals surface area contributed by atoms with Crippen molar-refractivity contribution < 1.29 is 9.59 Å². The van der Waals surface area contributed by atoms with Crippen molar-refractivity contribution in [2.24, 2.45) is 11.3 Å². The fraction of sp³-hybridized carbons (Fsp3) is 0.579. The Hall–Kier alpha value is -1.55. The van der Waals surface area contributed by atoms with Gasteiger partial charge in [0, 0.05) is 13.1 Å². The monoisotopic (exact) mass is 348 g/mol. The number of carbonyl (C=O) groups excluding carboxylic acids is 2. The molecule has 0 bridgehead atoms. The van der Waals surface area contributed by atoms with Gasteiger partial charge in [-0.3, -0.25) is 9.59 Å². The first-order chi connectivity index (χ1) is 11.3. The Morgan fingerprint density at radius 3 is 2.58 bits per heavy atom. The number of hydrogen-bond donors (Lipinski definition) is 1. The minimum atomic E-state index is -0.877. The lowest BCUT2D eigenvalue weighted by atomic mass is 9.96. The van der Waals surface area contributed by atoms with Gasteiger partial charge in [-0.15, -0.1) is 0 Å². The van der Waals surface area contributed by atoms with Gasteiger partial charge in [-0.1, -0.05) is 24.6 Å². The Bertz CT molecular complexity index is 659. The third kappa shape index (κ3) is 3.16. The molecule has 4 nitrogen and oxygen atoms in total. The van der Waals surface area contributed by atoms with Crippen molar-refractivity contribution in [1.29, 1.82) is 0 Å². The third-order valence-corrected chi connectivity index (χ3v) is 5.51. The normalized spacial score (nSPS) is 22.2. The molecule has 0 spiro atoms. The first kappa shape index (κ1) is 17.3. The molecule has 1 heterocycles. The average Bonchev–Trinajstić information content (AvgIpc) is 3.31. The van der Waals surface area contributed by atoms with Crippen LogP contribution in [0.5, 0.6) is 0 Å². The zero-order chi connectivity index (χ0) is 17.5. The lowest BCUT2D eigenvalue weighted by molar-refractivity contribution is -0.143. The molecule has 3 rings (SSSR count). The number of anilines is 1. The van der Waals surface area contributed by atoms with Gasteiger partial charge in [0.2, 0.25) is 11.8 Å². The Morgan fingerprint density at radius 2 is 2.00 bits per heavy atom. The molecular formula is C19H25ClN2O2. The van der Waals surface area contributed by atoms with Crippen LogP contribution in [0.4, 0.5) is 5.69 Å². The van der Waals surface area contributed by atoms with Crippen molar-refractivity contribution >= 4 is 29.1 Å². The number of amides is 2. The predicted molar refractivity (Wildman–Crippen MR) is 96.2 cm³/mol. The van der Waals surface area contributed by atoms with E-state index in [1.807, 2.05) is 30.9 Å². The summed E-state index contributed by atoms with van der Waals surface area (Å²) in [5.74, 6) is 0.294. The van der Waals surface area contributed by atoms with Crippen LogP contribution in [0.25, 0.3) is 0 Å². The minimum absolute atomic E-state index is 0.00700. The van der Waals surface area contributed by atoms with Gasteiger partial charge in [0.1, 0.15) is 5.41 Å². The van der Waals surface area contributed by atoms with Gasteiger partial charge >= 0.3 is 0 Å². The first-order valence-corrected chi connectivity index (χ1v) is 9.09. The van der Waals surface area contributed by atoms with Gasteiger partial charge in [0.05, 0.1) is 10.7 Å². The van der Waals surface area contributed by atoms with Crippen LogP contribution in [0.1, 0.15) is 43.7 Å². The number of carbonyl (C=O) groups is 2. The van der Waals surface area contributed by atoms with E-state index in [9.17, 15) is 9.59 Å². The summed E-state index contributed by atoms with van der Waals surface area (Å²) in [6, 6.07) is 3.81. The standard InChI is InChI=1S/C19H25ClN2O2/c1-12-5-4-8-22(11-12)18(24)19(6-7-19)17(23)21-16-14(3)9-13(2)10-15(16)20/h9-10,12H,4-8,11H2,1-3H3,(H,21,23). The van der Waals surface area contributed by atoms with Crippen molar-refractivity contribution in [3.05, 3.63) is 28.3 Å². The molecule has 24 heavy (non-hydrogen) atoms. The molecule has 1 aliphatic heterocycles. The fourth-order valence-electron chi connectivity index (χ4n) is 3.65. The SMILES string of the molecule is Cc1cc(C)c(NC(=O)C2(C(=O)N3CCCC(C)C3)CC2)c(Cl)c1. The second-order valence-electron chi connectivity index (χ2n) is 7.47. The van der Waals surface area contributed by atoms with E-state index in [0.717, 1.165) is 37.1 Å². The number of benzene rings is 1. The Labute approximate surface area is 148 Å². The maximum atomic E-state index is 12.9. The van der Waals surface area contributed by atoms with E-state index in [1.54, 1.807) is 0 Å². The number of piperidine rings is 1. The molecule has 1 aromatic rings. The summed E-state index contributed by atoms with van der Waals surface area (Å²) in [6.45, 7) is 7.57. The lowest BCUT2D eigenvalue weighted by Crippen LogP contribution is -2.46. The highest BCUT2D eigenvalue weighted by Crippen LogP contribution is 2.49. The average molecular weight is 349 g/mol. The van der Waals surface area contributed by atoms with Crippen molar-refractivity contribution in [3.8, 4) is 0 Å². The van der Waals surface area contributed by atoms with Crippen LogP contribution in [-0.4, -0.2) is 29.8 Å². The molecule has 1 aromatic carbocycles. The number of aryl methyl sites for hydroxylation is 2. The molecule has 5 heteroatoms. The van der Waals surface area contributed by atoms with Crippen molar-refractivity contribution in [2.45, 2.75) is 46.5 Å². The molecule has 2 amide bonds. The Morgan fingerprint density at radius 1 is 1.29 bits per heavy atom. The van der Waals surface area contributed by atoms with Gasteiger partial charge in [0.15, 0.2) is 0 Å². The van der Waals surface area contributed by atoms with Crippen molar-refractivity contribution in [1.82, 2.24) is 4.90 Å². The number of hydrogen-bond acceptors (Lipinski definition) is 2. The Balaban J connectivity index is 1.76. The van der Waals surface area contributed by atoms with Crippen LogP contribution >= 0.6 is 11.6 Å². The maximum Gasteiger partial charge on any atom is 0.240 e. The third-order valence-electron chi connectivity index (χ3n) is 5.21. The van der Waals surface area contributed by atoms with E-state index in [2.05, 4.69) is 12.2 Å². The fourth-order valence-corrected chi connectivity index (χ4v) is 4.02. The summed E-state index contributed by atoms with van der Waals surface area (Å²) >= 11 is 6.29. The molecule has 0 radical (unpaired) electrons. The largest absolute Gasteiger partial charge is 0.342 e. The Kier molecular flexibility index (Phi) is 4.60. The van der Waals surface area contributed by atoms with Crippen LogP contribution in [-0.2, 0) is 9.59 Å². The van der Waals surface area contributed by atoms with Crippen molar-refractivity contribution in [3.63, 3.8) is 0 Å². The summed E-state index contributed by atoms with van der Waals surface area (Å²) in [7, 11) is 0. The molecular weight excluding hydrogens is 324 g/mol. The quantitative estimate of drug-likeness (QED) is 0.841. The number of likely N-dealkylation sites (tertiary alicyclic amines) is 1. The molecule has 130 valence electrons. The zero-order valence-corrected chi connectivity index (χ0v) is 15.4. The van der Waals surface area contributed by atoms with E-state index in [4.69, 9.17) is 11.6 Å². The molecule has 1 N–H and O–H groups in total. The highest BCUT2D eigenvalue weighted by atomic mass is 35.5. The molecule has 0 aromatic heterocycles. The molecule has 1 saturated carbocycles. The molecule has 1 atom stereocenters. The molecule has 1 unspecified atom stereocenters. The summed E-state index contributed by atoms with van der Waals surface area (Å²) < 4.78 is 0. The maximum absolute atomic E-state index is 12.9. The zero-order valence-electron chi connectivity index (χ0n) is 14.6. The van der Waals surface area contributed by atoms with Gasteiger partial charge < -0.3 is 10.2 Å². The molecule has 1 saturated heterocycles. The van der Waals surface area contributed by atoms with E-state index in [0.29, 0.717) is 29.5 Å². The van der Waals surface area contributed by atoms with Gasteiger partial charge in [-0.2, -0.15) is 0 Å². The van der Waals surface area contributed by atoms with Gasteiger partial charge in [-0.05, 0) is 62.6 Å². The smallest absolute Gasteiger partial charge is 0.240 e. The highest BCUT2D eigenvalue weighted by Gasteiger charge is 2.58. The second-order valence-corrected chi connectivity index (χ2v) is 7.88. The van der Waals surface area contributed by atoms with Crippen LogP contribution in [0, 0.1) is 25.2 Å². The molecule has 2 fully saturated rings. The lowest BCUT2D eigenvalue weighted by Gasteiger charge is -2.33. The highest BCUT2D eigenvalue weighted by molar-refractivity contribution is 6.34. The summed E-state index contributed by atoms with van der Waals surface area (Å²) in [5, 5.41) is 3.45. The van der Waals surface area contributed by atoms with Crippen LogP contribution in [0.15, 0.2) is 12.1 Å². The van der Waals surface area contributed by atoms with Crippen LogP contribution < -0.4 is 5.32 Å². The summed E-state index contributed by atoms with van der Waals surface area (Å²) in [5.41, 5.74) is 1.72. The van der Waals surface area contributed by atoms with E-state index >= 15 is 0 Å². The van der Waals surface area contributed by atoms with Crippen molar-refractivity contribution in [2.75, 3.05) is 18.4 Å². The van der Waals surface area contributed by atoms with E-state index in [1.165, 1.54) is 0 Å². The topological polar surface area (TPSA) is 49.4 Å². The van der Waals surface area contributed by atoms with Gasteiger partial charge in [-0.25, -0.2) is 0 Å². The predicted octanol–water partition coefficient (Wildman–Crippen LogP) is 3.93.